The normalized spacial score (nSPS) is 16.8. The first-order valence-corrected chi connectivity index (χ1v) is 4.48. The van der Waals surface area contributed by atoms with Crippen LogP contribution in [0.25, 0.3) is 0 Å². The van der Waals surface area contributed by atoms with Crippen LogP contribution in [-0.2, 0) is 13.6 Å². The van der Waals surface area contributed by atoms with E-state index in [9.17, 15) is 0 Å². The summed E-state index contributed by atoms with van der Waals surface area (Å²) in [4.78, 5) is 4.24. The maximum absolute atomic E-state index is 4.24. The molecule has 3 heteroatoms. The van der Waals surface area contributed by atoms with Crippen molar-refractivity contribution in [3.8, 4) is 0 Å². The predicted molar refractivity (Wildman–Crippen MR) is 47.8 cm³/mol. The molecule has 1 fully saturated rings. The highest BCUT2D eigenvalue weighted by Gasteiger charge is 2.20. The number of aryl methyl sites for hydroxylation is 1. The van der Waals surface area contributed by atoms with Crippen LogP contribution in [0, 0.1) is 6.92 Å². The van der Waals surface area contributed by atoms with E-state index in [-0.39, 0.29) is 0 Å². The minimum atomic E-state index is 0.778. The minimum absolute atomic E-state index is 0.778. The van der Waals surface area contributed by atoms with Gasteiger partial charge in [-0.25, -0.2) is 4.98 Å². The third-order valence-electron chi connectivity index (χ3n) is 2.47. The Balaban J connectivity index is 1.96. The number of imidazole rings is 1. The van der Waals surface area contributed by atoms with Crippen LogP contribution in [0.3, 0.4) is 0 Å². The standard InChI is InChI=1S/C9H15N3/c1-7-10-5-9(12(7)2)6-11-8-3-4-8/h5,8,11H,3-4,6H2,1-2H3. The Morgan fingerprint density at radius 2 is 2.42 bits per heavy atom. The molecule has 0 amide bonds. The van der Waals surface area contributed by atoms with Crippen LogP contribution in [-0.4, -0.2) is 15.6 Å². The van der Waals surface area contributed by atoms with Gasteiger partial charge in [0.15, 0.2) is 0 Å². The first-order chi connectivity index (χ1) is 5.77. The molecule has 0 unspecified atom stereocenters. The van der Waals surface area contributed by atoms with Crippen LogP contribution < -0.4 is 5.32 Å². The van der Waals surface area contributed by atoms with E-state index >= 15 is 0 Å². The molecule has 0 saturated heterocycles. The van der Waals surface area contributed by atoms with Crippen molar-refractivity contribution in [1.82, 2.24) is 14.9 Å². The smallest absolute Gasteiger partial charge is 0.105 e. The van der Waals surface area contributed by atoms with Crippen molar-refractivity contribution in [3.05, 3.63) is 17.7 Å². The number of rotatable bonds is 3. The fourth-order valence-electron chi connectivity index (χ4n) is 1.25. The number of hydrogen-bond acceptors (Lipinski definition) is 2. The topological polar surface area (TPSA) is 29.9 Å². The summed E-state index contributed by atoms with van der Waals surface area (Å²) in [5.41, 5.74) is 1.28. The zero-order valence-electron chi connectivity index (χ0n) is 7.67. The van der Waals surface area contributed by atoms with Gasteiger partial charge in [-0.3, -0.25) is 0 Å². The first kappa shape index (κ1) is 7.80. The Bertz CT molecular complexity index is 273. The van der Waals surface area contributed by atoms with Crippen LogP contribution in [0.1, 0.15) is 24.4 Å². The maximum Gasteiger partial charge on any atom is 0.105 e. The summed E-state index contributed by atoms with van der Waals surface area (Å²) in [6.45, 7) is 2.99. The molecule has 1 aliphatic rings. The summed E-state index contributed by atoms with van der Waals surface area (Å²) in [6.07, 6.45) is 4.64. The summed E-state index contributed by atoms with van der Waals surface area (Å²) < 4.78 is 2.13. The van der Waals surface area contributed by atoms with Gasteiger partial charge in [-0.2, -0.15) is 0 Å². The summed E-state index contributed by atoms with van der Waals surface area (Å²) in [7, 11) is 2.06. The van der Waals surface area contributed by atoms with Gasteiger partial charge >= 0.3 is 0 Å². The van der Waals surface area contributed by atoms with Gasteiger partial charge < -0.3 is 9.88 Å². The lowest BCUT2D eigenvalue weighted by Crippen LogP contribution is -2.17. The molecule has 0 aliphatic heterocycles. The van der Waals surface area contributed by atoms with Crippen LogP contribution in [0.15, 0.2) is 6.20 Å². The molecule has 1 aliphatic carbocycles. The number of aromatic nitrogens is 2. The van der Waals surface area contributed by atoms with Gasteiger partial charge in [0.05, 0.1) is 5.69 Å². The van der Waals surface area contributed by atoms with Gasteiger partial charge in [-0.15, -0.1) is 0 Å². The molecule has 1 saturated carbocycles. The molecule has 12 heavy (non-hydrogen) atoms. The van der Waals surface area contributed by atoms with E-state index < -0.39 is 0 Å². The molecule has 2 rings (SSSR count). The molecule has 0 aromatic carbocycles. The molecule has 66 valence electrons. The molecule has 1 aromatic heterocycles. The Hall–Kier alpha value is -0.830. The second-order valence-corrected chi connectivity index (χ2v) is 3.51. The molecule has 0 bridgehead atoms. The lowest BCUT2D eigenvalue weighted by Gasteiger charge is -2.03. The summed E-state index contributed by atoms with van der Waals surface area (Å²) in [6, 6.07) is 0.778. The predicted octanol–water partition coefficient (Wildman–Crippen LogP) is 0.981. The van der Waals surface area contributed by atoms with Crippen molar-refractivity contribution in [3.63, 3.8) is 0 Å². The minimum Gasteiger partial charge on any atom is -0.334 e. The van der Waals surface area contributed by atoms with E-state index in [2.05, 4.69) is 21.9 Å². The van der Waals surface area contributed by atoms with E-state index in [4.69, 9.17) is 0 Å². The van der Waals surface area contributed by atoms with E-state index in [0.717, 1.165) is 18.4 Å². The van der Waals surface area contributed by atoms with Gasteiger partial charge in [0.25, 0.3) is 0 Å². The van der Waals surface area contributed by atoms with Crippen molar-refractivity contribution in [2.45, 2.75) is 32.4 Å². The van der Waals surface area contributed by atoms with Crippen molar-refractivity contribution < 1.29 is 0 Å². The van der Waals surface area contributed by atoms with Crippen LogP contribution in [0.5, 0.6) is 0 Å². The molecule has 0 atom stereocenters. The highest BCUT2D eigenvalue weighted by molar-refractivity contribution is 5.03. The highest BCUT2D eigenvalue weighted by atomic mass is 15.1. The lowest BCUT2D eigenvalue weighted by atomic mass is 10.4. The second kappa shape index (κ2) is 2.90. The van der Waals surface area contributed by atoms with E-state index in [0.29, 0.717) is 0 Å². The number of nitrogens with one attached hydrogen (secondary N) is 1. The molecule has 0 spiro atoms. The van der Waals surface area contributed by atoms with Crippen LogP contribution in [0.4, 0.5) is 0 Å². The van der Waals surface area contributed by atoms with E-state index in [1.807, 2.05) is 13.1 Å². The Morgan fingerprint density at radius 3 is 2.92 bits per heavy atom. The third-order valence-corrected chi connectivity index (χ3v) is 2.47. The van der Waals surface area contributed by atoms with Gasteiger partial charge in [0.2, 0.25) is 0 Å². The molecule has 0 radical (unpaired) electrons. The number of nitrogens with zero attached hydrogens (tertiary/aromatic N) is 2. The van der Waals surface area contributed by atoms with Gasteiger partial charge in [0.1, 0.15) is 5.82 Å². The molecule has 3 nitrogen and oxygen atoms in total. The van der Waals surface area contributed by atoms with Crippen LogP contribution in [0.2, 0.25) is 0 Å². The zero-order valence-corrected chi connectivity index (χ0v) is 7.67. The van der Waals surface area contributed by atoms with E-state index in [1.54, 1.807) is 0 Å². The SMILES string of the molecule is Cc1ncc(CNC2CC2)n1C. The fraction of sp³-hybridized carbons (Fsp3) is 0.667. The Kier molecular flexibility index (Phi) is 1.89. The molecule has 1 N–H and O–H groups in total. The summed E-state index contributed by atoms with van der Waals surface area (Å²) >= 11 is 0. The molecule has 1 aromatic rings. The van der Waals surface area contributed by atoms with Gasteiger partial charge in [0, 0.05) is 25.8 Å². The van der Waals surface area contributed by atoms with E-state index in [1.165, 1.54) is 18.5 Å². The Morgan fingerprint density at radius 1 is 1.67 bits per heavy atom. The average Bonchev–Trinajstić information content (AvgIpc) is 2.82. The quantitative estimate of drug-likeness (QED) is 0.723. The van der Waals surface area contributed by atoms with Crippen molar-refractivity contribution in [1.29, 1.82) is 0 Å². The van der Waals surface area contributed by atoms with Crippen molar-refractivity contribution in [2.75, 3.05) is 0 Å². The van der Waals surface area contributed by atoms with Crippen molar-refractivity contribution in [2.24, 2.45) is 7.05 Å². The monoisotopic (exact) mass is 165 g/mol. The number of hydrogen-bond donors (Lipinski definition) is 1. The van der Waals surface area contributed by atoms with Gasteiger partial charge in [-0.1, -0.05) is 0 Å². The maximum atomic E-state index is 4.24. The summed E-state index contributed by atoms with van der Waals surface area (Å²) in [5, 5.41) is 3.47. The molecule has 1 heterocycles. The lowest BCUT2D eigenvalue weighted by molar-refractivity contribution is 0.646. The Labute approximate surface area is 72.8 Å². The fourth-order valence-corrected chi connectivity index (χ4v) is 1.25. The second-order valence-electron chi connectivity index (χ2n) is 3.51. The molecular formula is C9H15N3. The first-order valence-electron chi connectivity index (χ1n) is 4.48. The third kappa shape index (κ3) is 1.50. The van der Waals surface area contributed by atoms with Crippen LogP contribution >= 0.6 is 0 Å². The molecular weight excluding hydrogens is 150 g/mol. The largest absolute Gasteiger partial charge is 0.334 e. The summed E-state index contributed by atoms with van der Waals surface area (Å²) in [5.74, 6) is 1.09. The zero-order chi connectivity index (χ0) is 8.55. The highest BCUT2D eigenvalue weighted by Crippen LogP contribution is 2.19. The van der Waals surface area contributed by atoms with Crippen molar-refractivity contribution >= 4 is 0 Å². The average molecular weight is 165 g/mol. The van der Waals surface area contributed by atoms with Gasteiger partial charge in [-0.05, 0) is 19.8 Å².